The van der Waals surface area contributed by atoms with Crippen molar-refractivity contribution in [3.05, 3.63) is 59.2 Å². The quantitative estimate of drug-likeness (QED) is 0.908. The Hall–Kier alpha value is -2.00. The molecule has 0 bridgehead atoms. The number of methoxy groups -OCH3 is 2. The second-order valence-electron chi connectivity index (χ2n) is 4.95. The molecular formula is C17H21NO2. The van der Waals surface area contributed by atoms with Gasteiger partial charge in [-0.1, -0.05) is 29.8 Å². The number of aryl methyl sites for hydroxylation is 1. The van der Waals surface area contributed by atoms with Crippen molar-refractivity contribution in [1.82, 2.24) is 0 Å². The number of benzene rings is 2. The molecule has 0 fully saturated rings. The maximum atomic E-state index is 6.31. The van der Waals surface area contributed by atoms with Crippen LogP contribution in [0.1, 0.15) is 22.7 Å². The largest absolute Gasteiger partial charge is 0.497 e. The summed E-state index contributed by atoms with van der Waals surface area (Å²) in [4.78, 5) is 0. The monoisotopic (exact) mass is 271 g/mol. The van der Waals surface area contributed by atoms with Crippen molar-refractivity contribution < 1.29 is 9.47 Å². The van der Waals surface area contributed by atoms with Crippen LogP contribution in [0.2, 0.25) is 0 Å². The molecule has 106 valence electrons. The average molecular weight is 271 g/mol. The van der Waals surface area contributed by atoms with Gasteiger partial charge in [0.2, 0.25) is 0 Å². The molecule has 0 saturated carbocycles. The van der Waals surface area contributed by atoms with Crippen LogP contribution in [-0.2, 0) is 6.42 Å². The molecule has 0 heterocycles. The van der Waals surface area contributed by atoms with Gasteiger partial charge in [0, 0.05) is 12.1 Å². The van der Waals surface area contributed by atoms with Crippen LogP contribution in [0.4, 0.5) is 0 Å². The van der Waals surface area contributed by atoms with Gasteiger partial charge < -0.3 is 15.2 Å². The van der Waals surface area contributed by atoms with Gasteiger partial charge in [-0.15, -0.1) is 0 Å². The Kier molecular flexibility index (Phi) is 4.64. The van der Waals surface area contributed by atoms with E-state index in [0.717, 1.165) is 23.5 Å². The molecule has 2 aromatic carbocycles. The standard InChI is InChI=1S/C17H21NO2/c1-12-5-4-6-13(7-12)8-17(18)14-9-15(19-2)11-16(10-14)20-3/h4-7,9-11,17H,8,18H2,1-3H3. The summed E-state index contributed by atoms with van der Waals surface area (Å²) in [6.07, 6.45) is 0.790. The summed E-state index contributed by atoms with van der Waals surface area (Å²) in [5, 5.41) is 0. The minimum Gasteiger partial charge on any atom is -0.497 e. The summed E-state index contributed by atoms with van der Waals surface area (Å²) in [6, 6.07) is 14.1. The Balaban J connectivity index is 2.22. The van der Waals surface area contributed by atoms with Gasteiger partial charge in [-0.25, -0.2) is 0 Å². The maximum absolute atomic E-state index is 6.31. The van der Waals surface area contributed by atoms with Gasteiger partial charge in [-0.3, -0.25) is 0 Å². The van der Waals surface area contributed by atoms with Crippen LogP contribution in [0, 0.1) is 6.92 Å². The zero-order chi connectivity index (χ0) is 14.5. The second kappa shape index (κ2) is 6.44. The lowest BCUT2D eigenvalue weighted by Crippen LogP contribution is -2.13. The fourth-order valence-corrected chi connectivity index (χ4v) is 2.25. The molecular weight excluding hydrogens is 250 g/mol. The zero-order valence-electron chi connectivity index (χ0n) is 12.2. The van der Waals surface area contributed by atoms with Gasteiger partial charge in [0.05, 0.1) is 14.2 Å². The van der Waals surface area contributed by atoms with E-state index in [4.69, 9.17) is 15.2 Å². The van der Waals surface area contributed by atoms with E-state index in [9.17, 15) is 0 Å². The van der Waals surface area contributed by atoms with Gasteiger partial charge in [-0.05, 0) is 36.6 Å². The molecule has 0 saturated heterocycles. The van der Waals surface area contributed by atoms with Gasteiger partial charge >= 0.3 is 0 Å². The minimum absolute atomic E-state index is 0.0826. The molecule has 0 aromatic heterocycles. The summed E-state index contributed by atoms with van der Waals surface area (Å²) in [6.45, 7) is 2.09. The Morgan fingerprint density at radius 3 is 2.20 bits per heavy atom. The van der Waals surface area contributed by atoms with Crippen molar-refractivity contribution in [2.45, 2.75) is 19.4 Å². The molecule has 0 spiro atoms. The normalized spacial score (nSPS) is 12.0. The molecule has 2 rings (SSSR count). The van der Waals surface area contributed by atoms with E-state index in [1.807, 2.05) is 18.2 Å². The molecule has 2 aromatic rings. The summed E-state index contributed by atoms with van der Waals surface area (Å²) in [5.74, 6) is 1.53. The summed E-state index contributed by atoms with van der Waals surface area (Å²) in [5.41, 5.74) is 9.81. The third kappa shape index (κ3) is 3.52. The van der Waals surface area contributed by atoms with Crippen LogP contribution >= 0.6 is 0 Å². The number of hydrogen-bond acceptors (Lipinski definition) is 3. The van der Waals surface area contributed by atoms with E-state index in [1.54, 1.807) is 14.2 Å². The van der Waals surface area contributed by atoms with Gasteiger partial charge in [0.1, 0.15) is 11.5 Å². The maximum Gasteiger partial charge on any atom is 0.122 e. The van der Waals surface area contributed by atoms with Crippen molar-refractivity contribution in [2.75, 3.05) is 14.2 Å². The van der Waals surface area contributed by atoms with E-state index < -0.39 is 0 Å². The van der Waals surface area contributed by atoms with E-state index >= 15 is 0 Å². The van der Waals surface area contributed by atoms with Crippen molar-refractivity contribution in [2.24, 2.45) is 5.73 Å². The second-order valence-corrected chi connectivity index (χ2v) is 4.95. The van der Waals surface area contributed by atoms with E-state index in [2.05, 4.69) is 31.2 Å². The first-order valence-corrected chi connectivity index (χ1v) is 6.66. The third-order valence-electron chi connectivity index (χ3n) is 3.34. The molecule has 2 N–H and O–H groups in total. The molecule has 1 atom stereocenters. The van der Waals surface area contributed by atoms with Gasteiger partial charge in [-0.2, -0.15) is 0 Å². The Morgan fingerprint density at radius 2 is 1.65 bits per heavy atom. The van der Waals surface area contributed by atoms with Crippen LogP contribution in [0.3, 0.4) is 0 Å². The fourth-order valence-electron chi connectivity index (χ4n) is 2.25. The van der Waals surface area contributed by atoms with Crippen molar-refractivity contribution in [3.63, 3.8) is 0 Å². The third-order valence-corrected chi connectivity index (χ3v) is 3.34. The number of ether oxygens (including phenoxy) is 2. The lowest BCUT2D eigenvalue weighted by Gasteiger charge is -2.15. The lowest BCUT2D eigenvalue weighted by molar-refractivity contribution is 0.392. The number of hydrogen-bond donors (Lipinski definition) is 1. The average Bonchev–Trinajstić information content (AvgIpc) is 2.46. The number of rotatable bonds is 5. The predicted octanol–water partition coefficient (Wildman–Crippen LogP) is 3.25. The predicted molar refractivity (Wildman–Crippen MR) is 81.4 cm³/mol. The summed E-state index contributed by atoms with van der Waals surface area (Å²) < 4.78 is 10.6. The molecule has 0 aliphatic carbocycles. The van der Waals surface area contributed by atoms with Crippen LogP contribution in [0.15, 0.2) is 42.5 Å². The van der Waals surface area contributed by atoms with Crippen LogP contribution < -0.4 is 15.2 Å². The highest BCUT2D eigenvalue weighted by Gasteiger charge is 2.10. The lowest BCUT2D eigenvalue weighted by atomic mass is 9.98. The fraction of sp³-hybridized carbons (Fsp3) is 0.294. The first-order chi connectivity index (χ1) is 9.62. The first kappa shape index (κ1) is 14.4. The van der Waals surface area contributed by atoms with Crippen molar-refractivity contribution >= 4 is 0 Å². The van der Waals surface area contributed by atoms with Crippen molar-refractivity contribution in [1.29, 1.82) is 0 Å². The molecule has 1 unspecified atom stereocenters. The van der Waals surface area contributed by atoms with Gasteiger partial charge in [0.25, 0.3) is 0 Å². The molecule has 3 heteroatoms. The Bertz CT molecular complexity index is 559. The van der Waals surface area contributed by atoms with E-state index in [0.29, 0.717) is 0 Å². The highest BCUT2D eigenvalue weighted by atomic mass is 16.5. The Morgan fingerprint density at radius 1 is 1.00 bits per heavy atom. The molecule has 0 aliphatic heterocycles. The summed E-state index contributed by atoms with van der Waals surface area (Å²) in [7, 11) is 3.29. The van der Waals surface area contributed by atoms with Crippen LogP contribution in [-0.4, -0.2) is 14.2 Å². The zero-order valence-corrected chi connectivity index (χ0v) is 12.2. The molecule has 0 aliphatic rings. The van der Waals surface area contributed by atoms with Crippen molar-refractivity contribution in [3.8, 4) is 11.5 Å². The van der Waals surface area contributed by atoms with Crippen LogP contribution in [0.5, 0.6) is 11.5 Å². The van der Waals surface area contributed by atoms with E-state index in [-0.39, 0.29) is 6.04 Å². The summed E-state index contributed by atoms with van der Waals surface area (Å²) >= 11 is 0. The number of nitrogens with two attached hydrogens (primary N) is 1. The highest BCUT2D eigenvalue weighted by molar-refractivity contribution is 5.40. The Labute approximate surface area is 120 Å². The topological polar surface area (TPSA) is 44.5 Å². The molecule has 20 heavy (non-hydrogen) atoms. The molecule has 0 amide bonds. The molecule has 3 nitrogen and oxygen atoms in total. The molecule has 0 radical (unpaired) electrons. The van der Waals surface area contributed by atoms with Gasteiger partial charge in [0.15, 0.2) is 0 Å². The van der Waals surface area contributed by atoms with Crippen LogP contribution in [0.25, 0.3) is 0 Å². The smallest absolute Gasteiger partial charge is 0.122 e. The minimum atomic E-state index is -0.0826. The first-order valence-electron chi connectivity index (χ1n) is 6.66. The SMILES string of the molecule is COc1cc(OC)cc(C(N)Cc2cccc(C)c2)c1. The van der Waals surface area contributed by atoms with E-state index in [1.165, 1.54) is 11.1 Å². The highest BCUT2D eigenvalue weighted by Crippen LogP contribution is 2.27.